The van der Waals surface area contributed by atoms with Crippen LogP contribution < -0.4 is 5.32 Å². The van der Waals surface area contributed by atoms with E-state index in [1.165, 1.54) is 16.6 Å². The van der Waals surface area contributed by atoms with Crippen LogP contribution in [-0.2, 0) is 13.1 Å². The zero-order chi connectivity index (χ0) is 12.4. The molecule has 0 fully saturated rings. The van der Waals surface area contributed by atoms with Crippen molar-refractivity contribution in [1.82, 2.24) is 14.9 Å². The average molecular weight is 231 g/mol. The molecule has 17 heavy (non-hydrogen) atoms. The van der Waals surface area contributed by atoms with E-state index in [1.807, 2.05) is 0 Å². The molecule has 0 unspecified atom stereocenters. The topological polar surface area (TPSA) is 29.9 Å². The summed E-state index contributed by atoms with van der Waals surface area (Å²) in [5.41, 5.74) is 5.02. The highest BCUT2D eigenvalue weighted by atomic mass is 15.1. The quantitative estimate of drug-likeness (QED) is 0.877. The Morgan fingerprint density at radius 3 is 2.53 bits per heavy atom. The summed E-state index contributed by atoms with van der Waals surface area (Å²) in [5, 5.41) is 3.35. The molecule has 0 radical (unpaired) electrons. The van der Waals surface area contributed by atoms with Gasteiger partial charge in [-0.15, -0.1) is 0 Å². The number of nitrogens with zero attached hydrogens (tertiary/aromatic N) is 2. The van der Waals surface area contributed by atoms with Gasteiger partial charge in [0, 0.05) is 6.54 Å². The Morgan fingerprint density at radius 2 is 1.88 bits per heavy atom. The predicted molar refractivity (Wildman–Crippen MR) is 72.3 cm³/mol. The van der Waals surface area contributed by atoms with E-state index >= 15 is 0 Å². The molecule has 92 valence electrons. The third-order valence-electron chi connectivity index (χ3n) is 3.29. The van der Waals surface area contributed by atoms with Crippen LogP contribution in [0.3, 0.4) is 0 Å². The van der Waals surface area contributed by atoms with Gasteiger partial charge < -0.3 is 9.88 Å². The molecule has 3 heteroatoms. The highest BCUT2D eigenvalue weighted by Crippen LogP contribution is 2.20. The first-order chi connectivity index (χ1) is 8.17. The number of rotatable bonds is 4. The van der Waals surface area contributed by atoms with Crippen LogP contribution in [0.1, 0.15) is 30.8 Å². The fourth-order valence-electron chi connectivity index (χ4n) is 2.15. The van der Waals surface area contributed by atoms with Crippen LogP contribution in [0.25, 0.3) is 11.0 Å². The molecule has 0 saturated carbocycles. The lowest BCUT2D eigenvalue weighted by Crippen LogP contribution is -2.16. The molecule has 1 N–H and O–H groups in total. The van der Waals surface area contributed by atoms with Gasteiger partial charge >= 0.3 is 0 Å². The number of nitrogens with one attached hydrogen (secondary N) is 1. The lowest BCUT2D eigenvalue weighted by Gasteiger charge is -2.07. The Kier molecular flexibility index (Phi) is 3.48. The van der Waals surface area contributed by atoms with Gasteiger partial charge in [-0.25, -0.2) is 4.98 Å². The van der Waals surface area contributed by atoms with Crippen molar-refractivity contribution in [1.29, 1.82) is 0 Å². The first-order valence-electron chi connectivity index (χ1n) is 6.34. The SMILES string of the molecule is CCNCc1nc2cc(C)c(C)cc2n1CC. The summed E-state index contributed by atoms with van der Waals surface area (Å²) in [6, 6.07) is 4.43. The lowest BCUT2D eigenvalue weighted by atomic mass is 10.1. The number of hydrogen-bond donors (Lipinski definition) is 1. The van der Waals surface area contributed by atoms with E-state index in [4.69, 9.17) is 4.98 Å². The number of hydrogen-bond acceptors (Lipinski definition) is 2. The summed E-state index contributed by atoms with van der Waals surface area (Å²) in [5.74, 6) is 1.13. The maximum absolute atomic E-state index is 4.72. The highest BCUT2D eigenvalue weighted by Gasteiger charge is 2.10. The number of aryl methyl sites for hydroxylation is 3. The van der Waals surface area contributed by atoms with Gasteiger partial charge in [-0.1, -0.05) is 6.92 Å². The Labute approximate surface area is 103 Å². The predicted octanol–water partition coefficient (Wildman–Crippen LogP) is 2.78. The molecule has 1 heterocycles. The second-order valence-electron chi connectivity index (χ2n) is 4.48. The van der Waals surface area contributed by atoms with Crippen LogP contribution in [0, 0.1) is 13.8 Å². The Morgan fingerprint density at radius 1 is 1.18 bits per heavy atom. The van der Waals surface area contributed by atoms with Crippen LogP contribution in [0.15, 0.2) is 12.1 Å². The molecule has 0 saturated heterocycles. The van der Waals surface area contributed by atoms with Gasteiger partial charge in [0.15, 0.2) is 0 Å². The standard InChI is InChI=1S/C14H21N3/c1-5-15-9-14-16-12-7-10(3)11(4)8-13(12)17(14)6-2/h7-8,15H,5-6,9H2,1-4H3. The van der Waals surface area contributed by atoms with Crippen molar-refractivity contribution in [3.63, 3.8) is 0 Å². The normalized spacial score (nSPS) is 11.3. The summed E-state index contributed by atoms with van der Waals surface area (Å²) in [6.07, 6.45) is 0. The van der Waals surface area contributed by atoms with E-state index in [9.17, 15) is 0 Å². The van der Waals surface area contributed by atoms with Gasteiger partial charge in [0.05, 0.1) is 17.6 Å². The summed E-state index contributed by atoms with van der Waals surface area (Å²) in [7, 11) is 0. The van der Waals surface area contributed by atoms with Gasteiger partial charge in [-0.2, -0.15) is 0 Å². The molecule has 0 spiro atoms. The molecular weight excluding hydrogens is 210 g/mol. The van der Waals surface area contributed by atoms with E-state index in [0.717, 1.165) is 31.0 Å². The Balaban J connectivity index is 2.54. The van der Waals surface area contributed by atoms with Crippen molar-refractivity contribution in [3.8, 4) is 0 Å². The molecule has 1 aromatic carbocycles. The first kappa shape index (κ1) is 12.1. The average Bonchev–Trinajstić information content (AvgIpc) is 2.64. The van der Waals surface area contributed by atoms with Crippen LogP contribution in [0.2, 0.25) is 0 Å². The van der Waals surface area contributed by atoms with E-state index in [2.05, 4.69) is 49.7 Å². The molecule has 0 amide bonds. The number of aromatic nitrogens is 2. The van der Waals surface area contributed by atoms with Crippen LogP contribution in [-0.4, -0.2) is 16.1 Å². The lowest BCUT2D eigenvalue weighted by molar-refractivity contribution is 0.638. The fourth-order valence-corrected chi connectivity index (χ4v) is 2.15. The number of fused-ring (bicyclic) bond motifs is 1. The summed E-state index contributed by atoms with van der Waals surface area (Å²) < 4.78 is 2.30. The molecule has 2 aromatic rings. The largest absolute Gasteiger partial charge is 0.327 e. The number of benzene rings is 1. The summed E-state index contributed by atoms with van der Waals surface area (Å²) in [6.45, 7) is 11.4. The molecule has 0 aliphatic carbocycles. The molecule has 0 aliphatic rings. The molecular formula is C14H21N3. The fraction of sp³-hybridized carbons (Fsp3) is 0.500. The van der Waals surface area contributed by atoms with E-state index in [1.54, 1.807) is 0 Å². The third kappa shape index (κ3) is 2.20. The Hall–Kier alpha value is -1.35. The maximum atomic E-state index is 4.72. The van der Waals surface area contributed by atoms with Crippen molar-refractivity contribution in [2.75, 3.05) is 6.54 Å². The van der Waals surface area contributed by atoms with Gasteiger partial charge in [-0.05, 0) is 50.6 Å². The molecule has 0 atom stereocenters. The van der Waals surface area contributed by atoms with Crippen molar-refractivity contribution < 1.29 is 0 Å². The molecule has 1 aromatic heterocycles. The van der Waals surface area contributed by atoms with Gasteiger partial charge in [0.1, 0.15) is 5.82 Å². The zero-order valence-corrected chi connectivity index (χ0v) is 11.2. The highest BCUT2D eigenvalue weighted by molar-refractivity contribution is 5.78. The first-order valence-corrected chi connectivity index (χ1v) is 6.34. The van der Waals surface area contributed by atoms with Gasteiger partial charge in [-0.3, -0.25) is 0 Å². The molecule has 2 rings (SSSR count). The third-order valence-corrected chi connectivity index (χ3v) is 3.29. The monoisotopic (exact) mass is 231 g/mol. The van der Waals surface area contributed by atoms with Crippen molar-refractivity contribution >= 4 is 11.0 Å². The maximum Gasteiger partial charge on any atom is 0.123 e. The number of imidazole rings is 1. The van der Waals surface area contributed by atoms with Crippen LogP contribution in [0.5, 0.6) is 0 Å². The Bertz CT molecular complexity index is 526. The summed E-state index contributed by atoms with van der Waals surface area (Å²) in [4.78, 5) is 4.72. The smallest absolute Gasteiger partial charge is 0.123 e. The van der Waals surface area contributed by atoms with Crippen molar-refractivity contribution in [2.45, 2.75) is 40.8 Å². The van der Waals surface area contributed by atoms with E-state index in [0.29, 0.717) is 0 Å². The van der Waals surface area contributed by atoms with Crippen LogP contribution in [0.4, 0.5) is 0 Å². The summed E-state index contributed by atoms with van der Waals surface area (Å²) >= 11 is 0. The van der Waals surface area contributed by atoms with Crippen molar-refractivity contribution in [2.24, 2.45) is 0 Å². The minimum Gasteiger partial charge on any atom is -0.327 e. The van der Waals surface area contributed by atoms with Crippen molar-refractivity contribution in [3.05, 3.63) is 29.1 Å². The van der Waals surface area contributed by atoms with Gasteiger partial charge in [0.25, 0.3) is 0 Å². The zero-order valence-electron chi connectivity index (χ0n) is 11.2. The van der Waals surface area contributed by atoms with E-state index < -0.39 is 0 Å². The minimum absolute atomic E-state index is 0.844. The molecule has 0 aliphatic heterocycles. The van der Waals surface area contributed by atoms with E-state index in [-0.39, 0.29) is 0 Å². The second-order valence-corrected chi connectivity index (χ2v) is 4.48. The van der Waals surface area contributed by atoms with Gasteiger partial charge in [0.2, 0.25) is 0 Å². The molecule has 0 bridgehead atoms. The molecule has 3 nitrogen and oxygen atoms in total. The minimum atomic E-state index is 0.844. The second kappa shape index (κ2) is 4.88. The van der Waals surface area contributed by atoms with Crippen LogP contribution >= 0.6 is 0 Å².